The number of hydrogen-bond donors (Lipinski definition) is 3. The lowest BCUT2D eigenvalue weighted by Crippen LogP contribution is -2.22. The van der Waals surface area contributed by atoms with Crippen molar-refractivity contribution >= 4 is 41.5 Å². The third kappa shape index (κ3) is 7.42. The molecule has 7 heteroatoms. The maximum absolute atomic E-state index is 10.7. The Morgan fingerprint density at radius 2 is 1.84 bits per heavy atom. The highest BCUT2D eigenvalue weighted by Crippen LogP contribution is 2.14. The number of guanidine groups is 1. The highest BCUT2D eigenvalue weighted by Gasteiger charge is 2.00. The van der Waals surface area contributed by atoms with E-state index in [2.05, 4.69) is 23.3 Å². The van der Waals surface area contributed by atoms with Gasteiger partial charge < -0.3 is 21.5 Å². The van der Waals surface area contributed by atoms with E-state index in [4.69, 9.17) is 16.2 Å². The topological polar surface area (TPSA) is 103 Å². The third-order valence-corrected chi connectivity index (χ3v) is 3.32. The molecule has 2 aromatic rings. The van der Waals surface area contributed by atoms with Gasteiger partial charge in [-0.3, -0.25) is 4.79 Å². The molecule has 5 N–H and O–H groups in total. The van der Waals surface area contributed by atoms with E-state index in [0.29, 0.717) is 18.3 Å². The van der Waals surface area contributed by atoms with E-state index in [1.54, 1.807) is 12.1 Å². The molecule has 0 atom stereocenters. The molecule has 0 saturated heterocycles. The minimum atomic E-state index is -0.513. The number of anilines is 1. The summed E-state index contributed by atoms with van der Waals surface area (Å²) >= 11 is 0. The van der Waals surface area contributed by atoms with Gasteiger partial charge in [-0.1, -0.05) is 31.2 Å². The van der Waals surface area contributed by atoms with Crippen molar-refractivity contribution in [3.8, 4) is 5.75 Å². The summed E-state index contributed by atoms with van der Waals surface area (Å²) in [5.41, 5.74) is 14.0. The van der Waals surface area contributed by atoms with E-state index in [1.807, 2.05) is 30.3 Å². The zero-order valence-corrected chi connectivity index (χ0v) is 16.4. The van der Waals surface area contributed by atoms with Crippen LogP contribution in [0.1, 0.15) is 18.1 Å². The second-order valence-electron chi connectivity index (χ2n) is 5.28. The largest absolute Gasteiger partial charge is 0.484 e. The summed E-state index contributed by atoms with van der Waals surface area (Å²) in [5, 5.41) is 3.08. The van der Waals surface area contributed by atoms with Gasteiger partial charge in [0.15, 0.2) is 12.6 Å². The molecule has 0 unspecified atom stereocenters. The summed E-state index contributed by atoms with van der Waals surface area (Å²) in [6.07, 6.45) is 0.963. The molecule has 0 heterocycles. The molecule has 0 aromatic heterocycles. The van der Waals surface area contributed by atoms with Crippen LogP contribution in [0.25, 0.3) is 0 Å². The van der Waals surface area contributed by atoms with Crippen LogP contribution >= 0.6 is 24.0 Å². The second kappa shape index (κ2) is 10.5. The van der Waals surface area contributed by atoms with Crippen molar-refractivity contribution in [2.75, 3.05) is 11.9 Å². The molecule has 134 valence electrons. The predicted octanol–water partition coefficient (Wildman–Crippen LogP) is 2.66. The minimum Gasteiger partial charge on any atom is -0.484 e. The first-order valence-corrected chi connectivity index (χ1v) is 7.72. The van der Waals surface area contributed by atoms with Crippen LogP contribution in [0.2, 0.25) is 0 Å². The lowest BCUT2D eigenvalue weighted by atomic mass is 10.1. The van der Waals surface area contributed by atoms with Crippen LogP contribution in [0.5, 0.6) is 5.75 Å². The summed E-state index contributed by atoms with van der Waals surface area (Å²) in [5.74, 6) is 0.400. The Labute approximate surface area is 164 Å². The monoisotopic (exact) mass is 454 g/mol. The molecule has 1 amide bonds. The molecular formula is C18H23IN4O2. The number of primary amides is 1. The number of aliphatic imine (C=N–C) groups is 1. The zero-order valence-electron chi connectivity index (χ0n) is 14.1. The van der Waals surface area contributed by atoms with E-state index in [0.717, 1.165) is 17.7 Å². The molecule has 25 heavy (non-hydrogen) atoms. The van der Waals surface area contributed by atoms with Gasteiger partial charge in [-0.2, -0.15) is 0 Å². The molecule has 0 aliphatic heterocycles. The summed E-state index contributed by atoms with van der Waals surface area (Å²) in [6.45, 7) is 2.36. The van der Waals surface area contributed by atoms with Gasteiger partial charge in [0.2, 0.25) is 0 Å². The normalized spacial score (nSPS) is 10.7. The molecule has 0 aliphatic rings. The molecule has 0 aliphatic carbocycles. The Kier molecular flexibility index (Phi) is 8.76. The molecule has 0 saturated carbocycles. The predicted molar refractivity (Wildman–Crippen MR) is 111 cm³/mol. The number of nitrogens with one attached hydrogen (secondary N) is 1. The van der Waals surface area contributed by atoms with Crippen LogP contribution < -0.4 is 21.5 Å². The number of nitrogens with zero attached hydrogens (tertiary/aromatic N) is 1. The van der Waals surface area contributed by atoms with Gasteiger partial charge in [-0.25, -0.2) is 4.99 Å². The highest BCUT2D eigenvalue weighted by atomic mass is 127. The Balaban J connectivity index is 0.00000312. The number of amides is 1. The molecule has 2 aromatic carbocycles. The molecule has 0 radical (unpaired) electrons. The first-order valence-electron chi connectivity index (χ1n) is 7.72. The van der Waals surface area contributed by atoms with Gasteiger partial charge in [0.05, 0.1) is 6.54 Å². The average molecular weight is 454 g/mol. The van der Waals surface area contributed by atoms with Crippen LogP contribution in [-0.4, -0.2) is 18.5 Å². The number of ether oxygens (including phenoxy) is 1. The van der Waals surface area contributed by atoms with Gasteiger partial charge in [0, 0.05) is 5.69 Å². The molecule has 6 nitrogen and oxygen atoms in total. The Hall–Kier alpha value is -2.29. The number of nitrogens with two attached hydrogens (primary N) is 2. The van der Waals surface area contributed by atoms with Gasteiger partial charge in [0.25, 0.3) is 5.91 Å². The molecule has 0 spiro atoms. The van der Waals surface area contributed by atoms with Crippen molar-refractivity contribution < 1.29 is 9.53 Å². The van der Waals surface area contributed by atoms with Gasteiger partial charge in [-0.15, -0.1) is 24.0 Å². The number of aryl methyl sites for hydroxylation is 1. The summed E-state index contributed by atoms with van der Waals surface area (Å²) in [4.78, 5) is 15.1. The lowest BCUT2D eigenvalue weighted by Gasteiger charge is -2.08. The summed E-state index contributed by atoms with van der Waals surface area (Å²) in [7, 11) is 0. The van der Waals surface area contributed by atoms with Crippen LogP contribution in [-0.2, 0) is 17.8 Å². The van der Waals surface area contributed by atoms with Crippen molar-refractivity contribution in [1.82, 2.24) is 0 Å². The molecule has 0 fully saturated rings. The number of carbonyl (C=O) groups is 1. The third-order valence-electron chi connectivity index (χ3n) is 3.32. The fourth-order valence-corrected chi connectivity index (χ4v) is 2.12. The second-order valence-corrected chi connectivity index (χ2v) is 5.28. The van der Waals surface area contributed by atoms with E-state index in [1.165, 1.54) is 5.56 Å². The zero-order chi connectivity index (χ0) is 17.4. The number of carbonyl (C=O) groups excluding carboxylic acids is 1. The molecule has 0 bridgehead atoms. The van der Waals surface area contributed by atoms with Gasteiger partial charge in [0.1, 0.15) is 5.75 Å². The van der Waals surface area contributed by atoms with Gasteiger partial charge >= 0.3 is 0 Å². The van der Waals surface area contributed by atoms with Crippen molar-refractivity contribution in [3.63, 3.8) is 0 Å². The van der Waals surface area contributed by atoms with E-state index < -0.39 is 5.91 Å². The molecule has 2 rings (SSSR count). The highest BCUT2D eigenvalue weighted by molar-refractivity contribution is 14.0. The SMILES string of the molecule is CCc1cccc(NC(N)=NCc2cccc(OCC(N)=O)c2)c1.I. The summed E-state index contributed by atoms with van der Waals surface area (Å²) in [6, 6.07) is 15.3. The average Bonchev–Trinajstić information content (AvgIpc) is 2.59. The van der Waals surface area contributed by atoms with Gasteiger partial charge in [-0.05, 0) is 41.8 Å². The number of hydrogen-bond acceptors (Lipinski definition) is 3. The maximum atomic E-state index is 10.7. The quantitative estimate of drug-likeness (QED) is 0.340. The standard InChI is InChI=1S/C18H22N4O2.HI/c1-2-13-5-3-7-15(9-13)22-18(20)21-11-14-6-4-8-16(10-14)24-12-17(19)23;/h3-10H,2,11-12H2,1H3,(H2,19,23)(H3,20,21,22);1H. The summed E-state index contributed by atoms with van der Waals surface area (Å²) < 4.78 is 5.27. The lowest BCUT2D eigenvalue weighted by molar-refractivity contribution is -0.119. The van der Waals surface area contributed by atoms with Crippen LogP contribution in [0, 0.1) is 0 Å². The van der Waals surface area contributed by atoms with Crippen LogP contribution in [0.3, 0.4) is 0 Å². The van der Waals surface area contributed by atoms with Crippen LogP contribution in [0.4, 0.5) is 5.69 Å². The number of rotatable bonds is 7. The van der Waals surface area contributed by atoms with E-state index in [-0.39, 0.29) is 30.6 Å². The van der Waals surface area contributed by atoms with Crippen molar-refractivity contribution in [2.24, 2.45) is 16.5 Å². The minimum absolute atomic E-state index is 0. The Morgan fingerprint density at radius 3 is 2.56 bits per heavy atom. The first kappa shape index (κ1) is 20.8. The van der Waals surface area contributed by atoms with Crippen molar-refractivity contribution in [1.29, 1.82) is 0 Å². The van der Waals surface area contributed by atoms with Crippen molar-refractivity contribution in [3.05, 3.63) is 59.7 Å². The van der Waals surface area contributed by atoms with Crippen LogP contribution in [0.15, 0.2) is 53.5 Å². The fourth-order valence-electron chi connectivity index (χ4n) is 2.12. The van der Waals surface area contributed by atoms with E-state index in [9.17, 15) is 4.79 Å². The number of benzene rings is 2. The number of halogens is 1. The smallest absolute Gasteiger partial charge is 0.255 e. The molecular weight excluding hydrogens is 431 g/mol. The van der Waals surface area contributed by atoms with Crippen molar-refractivity contribution in [2.45, 2.75) is 19.9 Å². The Morgan fingerprint density at radius 1 is 1.12 bits per heavy atom. The first-order chi connectivity index (χ1) is 11.6. The van der Waals surface area contributed by atoms with E-state index >= 15 is 0 Å². The Bertz CT molecular complexity index is 735. The fraction of sp³-hybridized carbons (Fsp3) is 0.222. The maximum Gasteiger partial charge on any atom is 0.255 e.